The van der Waals surface area contributed by atoms with Gasteiger partial charge in [0.2, 0.25) is 0 Å². The number of methoxy groups -OCH3 is 1. The van der Waals surface area contributed by atoms with Gasteiger partial charge < -0.3 is 19.1 Å². The molecular weight excluding hydrogens is 354 g/mol. The average molecular weight is 379 g/mol. The number of rotatable bonds is 5. The summed E-state index contributed by atoms with van der Waals surface area (Å²) in [5, 5.41) is -0.372. The van der Waals surface area contributed by atoms with Gasteiger partial charge in [0.25, 0.3) is 5.91 Å². The Morgan fingerprint density at radius 3 is 2.73 bits per heavy atom. The van der Waals surface area contributed by atoms with Crippen molar-refractivity contribution in [1.29, 1.82) is 0 Å². The third kappa shape index (κ3) is 4.39. The number of carbonyl (C=O) groups excluding carboxylic acids is 2. The minimum absolute atomic E-state index is 0.00661. The molecule has 2 fully saturated rings. The maximum absolute atomic E-state index is 13.1. The number of thioether (sulfide) groups is 1. The highest BCUT2D eigenvalue weighted by molar-refractivity contribution is 8.00. The van der Waals surface area contributed by atoms with Gasteiger partial charge in [-0.25, -0.2) is 0 Å². The molecular formula is C19H25NO5S. The molecule has 2 heterocycles. The van der Waals surface area contributed by atoms with Crippen molar-refractivity contribution in [3.8, 4) is 0 Å². The van der Waals surface area contributed by atoms with Crippen LogP contribution in [0.5, 0.6) is 0 Å². The minimum atomic E-state index is -0.372. The summed E-state index contributed by atoms with van der Waals surface area (Å²) in [5.41, 5.74) is 0.627. The number of ether oxygens (including phenoxy) is 3. The highest BCUT2D eigenvalue weighted by Crippen LogP contribution is 2.30. The van der Waals surface area contributed by atoms with Gasteiger partial charge in [0.05, 0.1) is 25.9 Å². The zero-order chi connectivity index (χ0) is 18.5. The van der Waals surface area contributed by atoms with E-state index >= 15 is 0 Å². The molecule has 26 heavy (non-hydrogen) atoms. The first kappa shape index (κ1) is 19.2. The SMILES string of the molecule is COC(=O)C(C)Sc1ccccc1C(=O)N1CCCC(C2OCCO2)C1. The molecule has 7 heteroatoms. The fourth-order valence-corrected chi connectivity index (χ4v) is 4.40. The number of hydrogen-bond acceptors (Lipinski definition) is 6. The normalized spacial score (nSPS) is 22.2. The van der Waals surface area contributed by atoms with Gasteiger partial charge in [-0.15, -0.1) is 11.8 Å². The molecule has 0 radical (unpaired) electrons. The molecule has 0 bridgehead atoms. The number of esters is 1. The lowest BCUT2D eigenvalue weighted by Gasteiger charge is -2.35. The molecule has 0 aliphatic carbocycles. The van der Waals surface area contributed by atoms with Crippen molar-refractivity contribution < 1.29 is 23.8 Å². The molecule has 2 atom stereocenters. The van der Waals surface area contributed by atoms with Gasteiger partial charge in [0.15, 0.2) is 6.29 Å². The molecule has 1 aromatic carbocycles. The first-order valence-electron chi connectivity index (χ1n) is 8.96. The third-order valence-corrected chi connectivity index (χ3v) is 5.89. The zero-order valence-corrected chi connectivity index (χ0v) is 16.0. The summed E-state index contributed by atoms with van der Waals surface area (Å²) in [6, 6.07) is 7.43. The van der Waals surface area contributed by atoms with Crippen LogP contribution in [-0.2, 0) is 19.0 Å². The van der Waals surface area contributed by atoms with E-state index in [0.29, 0.717) is 25.3 Å². The monoisotopic (exact) mass is 379 g/mol. The molecule has 0 saturated carbocycles. The second-order valence-corrected chi connectivity index (χ2v) is 7.93. The predicted molar refractivity (Wildman–Crippen MR) is 98.1 cm³/mol. The Hall–Kier alpha value is -1.57. The summed E-state index contributed by atoms with van der Waals surface area (Å²) in [5.74, 6) is -0.0947. The van der Waals surface area contributed by atoms with Gasteiger partial charge in [-0.1, -0.05) is 12.1 Å². The van der Waals surface area contributed by atoms with Crippen molar-refractivity contribution in [2.24, 2.45) is 5.92 Å². The summed E-state index contributed by atoms with van der Waals surface area (Å²) >= 11 is 1.35. The first-order valence-corrected chi connectivity index (χ1v) is 9.84. The topological polar surface area (TPSA) is 65.1 Å². The summed E-state index contributed by atoms with van der Waals surface area (Å²) < 4.78 is 16.0. The van der Waals surface area contributed by atoms with Gasteiger partial charge in [-0.3, -0.25) is 9.59 Å². The van der Waals surface area contributed by atoms with Crippen LogP contribution in [0, 0.1) is 5.92 Å². The maximum atomic E-state index is 13.1. The number of nitrogens with zero attached hydrogens (tertiary/aromatic N) is 1. The van der Waals surface area contributed by atoms with Crippen LogP contribution in [0.3, 0.4) is 0 Å². The maximum Gasteiger partial charge on any atom is 0.318 e. The van der Waals surface area contributed by atoms with Crippen molar-refractivity contribution in [3.05, 3.63) is 29.8 Å². The smallest absolute Gasteiger partial charge is 0.318 e. The lowest BCUT2D eigenvalue weighted by Crippen LogP contribution is -2.44. The fraction of sp³-hybridized carbons (Fsp3) is 0.579. The number of likely N-dealkylation sites (tertiary alicyclic amines) is 1. The Labute approximate surface area is 158 Å². The average Bonchev–Trinajstić information content (AvgIpc) is 3.22. The van der Waals surface area contributed by atoms with E-state index in [2.05, 4.69) is 0 Å². The van der Waals surface area contributed by atoms with Gasteiger partial charge in [0.1, 0.15) is 5.25 Å². The molecule has 1 amide bonds. The number of benzene rings is 1. The number of amides is 1. The summed E-state index contributed by atoms with van der Waals surface area (Å²) in [7, 11) is 1.37. The molecule has 142 valence electrons. The van der Waals surface area contributed by atoms with Gasteiger partial charge >= 0.3 is 5.97 Å². The summed E-state index contributed by atoms with van der Waals surface area (Å²) in [6.45, 7) is 4.39. The molecule has 2 aliphatic heterocycles. The van der Waals surface area contributed by atoms with Crippen molar-refractivity contribution >= 4 is 23.6 Å². The Bertz CT molecular complexity index is 647. The predicted octanol–water partition coefficient (Wildman–Crippen LogP) is 2.57. The number of hydrogen-bond donors (Lipinski definition) is 0. The Balaban J connectivity index is 1.71. The van der Waals surface area contributed by atoms with Crippen molar-refractivity contribution in [3.63, 3.8) is 0 Å². The number of piperidine rings is 1. The van der Waals surface area contributed by atoms with Crippen LogP contribution in [0.15, 0.2) is 29.2 Å². The van der Waals surface area contributed by atoms with Gasteiger partial charge in [-0.2, -0.15) is 0 Å². The summed E-state index contributed by atoms with van der Waals surface area (Å²) in [4.78, 5) is 27.5. The lowest BCUT2D eigenvalue weighted by atomic mass is 9.96. The van der Waals surface area contributed by atoms with Gasteiger partial charge in [0, 0.05) is 23.9 Å². The molecule has 2 unspecified atom stereocenters. The van der Waals surface area contributed by atoms with E-state index in [4.69, 9.17) is 14.2 Å². The third-order valence-electron chi connectivity index (χ3n) is 4.73. The highest BCUT2D eigenvalue weighted by atomic mass is 32.2. The molecule has 0 N–H and O–H groups in total. The second-order valence-electron chi connectivity index (χ2n) is 6.54. The van der Waals surface area contributed by atoms with E-state index in [1.807, 2.05) is 29.2 Å². The molecule has 0 spiro atoms. The van der Waals surface area contributed by atoms with Crippen LogP contribution in [0.4, 0.5) is 0 Å². The van der Waals surface area contributed by atoms with Crippen LogP contribution in [0.25, 0.3) is 0 Å². The Morgan fingerprint density at radius 2 is 2.00 bits per heavy atom. The Morgan fingerprint density at radius 1 is 1.27 bits per heavy atom. The fourth-order valence-electron chi connectivity index (χ4n) is 3.39. The van der Waals surface area contributed by atoms with E-state index < -0.39 is 0 Å². The number of carbonyl (C=O) groups is 2. The largest absolute Gasteiger partial charge is 0.468 e. The molecule has 6 nitrogen and oxygen atoms in total. The molecule has 1 aromatic rings. The molecule has 2 aliphatic rings. The van der Waals surface area contributed by atoms with Crippen LogP contribution >= 0.6 is 11.8 Å². The van der Waals surface area contributed by atoms with Crippen LogP contribution in [-0.4, -0.2) is 61.7 Å². The van der Waals surface area contributed by atoms with Gasteiger partial charge in [-0.05, 0) is 31.9 Å². The Kier molecular flexibility index (Phi) is 6.56. The molecule has 0 aromatic heterocycles. The van der Waals surface area contributed by atoms with Crippen molar-refractivity contribution in [2.45, 2.75) is 36.2 Å². The van der Waals surface area contributed by atoms with Crippen LogP contribution in [0.1, 0.15) is 30.1 Å². The van der Waals surface area contributed by atoms with Crippen LogP contribution in [0.2, 0.25) is 0 Å². The van der Waals surface area contributed by atoms with Crippen molar-refractivity contribution in [2.75, 3.05) is 33.4 Å². The van der Waals surface area contributed by atoms with Crippen LogP contribution < -0.4 is 0 Å². The van der Waals surface area contributed by atoms with E-state index in [1.54, 1.807) is 6.92 Å². The second kappa shape index (κ2) is 8.88. The van der Waals surface area contributed by atoms with Crippen molar-refractivity contribution in [1.82, 2.24) is 4.90 Å². The van der Waals surface area contributed by atoms with E-state index in [0.717, 1.165) is 24.3 Å². The lowest BCUT2D eigenvalue weighted by molar-refractivity contribution is -0.139. The highest BCUT2D eigenvalue weighted by Gasteiger charge is 2.33. The zero-order valence-electron chi connectivity index (χ0n) is 15.2. The molecule has 3 rings (SSSR count). The molecule has 2 saturated heterocycles. The standard InChI is InChI=1S/C19H25NO5S/c1-13(18(22)23-2)26-16-8-4-3-7-15(16)17(21)20-9-5-6-14(12-20)19-24-10-11-25-19/h3-4,7-8,13-14,19H,5-6,9-12H2,1-2H3. The minimum Gasteiger partial charge on any atom is -0.468 e. The van der Waals surface area contributed by atoms with E-state index in [9.17, 15) is 9.59 Å². The van der Waals surface area contributed by atoms with E-state index in [-0.39, 0.29) is 29.3 Å². The summed E-state index contributed by atoms with van der Waals surface area (Å²) in [6.07, 6.45) is 1.74. The first-order chi connectivity index (χ1) is 12.6. The quantitative estimate of drug-likeness (QED) is 0.579. The van der Waals surface area contributed by atoms with E-state index in [1.165, 1.54) is 18.9 Å².